The smallest absolute Gasteiger partial charge is 0.338 e. The Labute approximate surface area is 152 Å². The van der Waals surface area contributed by atoms with Crippen molar-refractivity contribution in [3.63, 3.8) is 0 Å². The highest BCUT2D eigenvalue weighted by atomic mass is 16.5. The Morgan fingerprint density at radius 2 is 1.88 bits per heavy atom. The van der Waals surface area contributed by atoms with Crippen LogP contribution in [0.5, 0.6) is 5.75 Å². The van der Waals surface area contributed by atoms with E-state index >= 15 is 0 Å². The van der Waals surface area contributed by atoms with Gasteiger partial charge in [0.05, 0.1) is 12.2 Å². The number of nitrogens with one attached hydrogen (secondary N) is 1. The zero-order chi connectivity index (χ0) is 18.7. The summed E-state index contributed by atoms with van der Waals surface area (Å²) in [4.78, 5) is 26.5. The summed E-state index contributed by atoms with van der Waals surface area (Å²) in [6.07, 6.45) is -0.129. The minimum Gasteiger partial charge on any atom is -0.493 e. The Bertz CT molecular complexity index is 815. The van der Waals surface area contributed by atoms with Crippen molar-refractivity contribution in [2.24, 2.45) is 0 Å². The lowest BCUT2D eigenvalue weighted by Crippen LogP contribution is -2.30. The molecule has 2 aromatic carbocycles. The van der Waals surface area contributed by atoms with Crippen LogP contribution in [0.1, 0.15) is 22.8 Å². The van der Waals surface area contributed by atoms with Crippen molar-refractivity contribution < 1.29 is 19.1 Å². The highest BCUT2D eigenvalue weighted by molar-refractivity contribution is 5.97. The molecule has 0 aliphatic carbocycles. The number of benzene rings is 2. The van der Waals surface area contributed by atoms with Gasteiger partial charge in [0.2, 0.25) is 0 Å². The van der Waals surface area contributed by atoms with Gasteiger partial charge in [-0.15, -0.1) is 0 Å². The van der Waals surface area contributed by atoms with E-state index in [0.29, 0.717) is 17.9 Å². The van der Waals surface area contributed by atoms with Crippen LogP contribution < -0.4 is 15.0 Å². The molecule has 6 nitrogen and oxygen atoms in total. The SMILES string of the molecule is CC(OC(=O)c1ccc2c(c1)CCO2)C(=O)Nc1ccc(N(C)C)cc1. The monoisotopic (exact) mass is 354 g/mol. The zero-order valence-electron chi connectivity index (χ0n) is 15.1. The number of hydrogen-bond acceptors (Lipinski definition) is 5. The number of amides is 1. The van der Waals surface area contributed by atoms with Crippen LogP contribution in [0, 0.1) is 0 Å². The summed E-state index contributed by atoms with van der Waals surface area (Å²) < 4.78 is 10.7. The Morgan fingerprint density at radius 1 is 1.15 bits per heavy atom. The second-order valence-electron chi connectivity index (χ2n) is 6.40. The Hall–Kier alpha value is -3.02. The van der Waals surface area contributed by atoms with Crippen molar-refractivity contribution in [2.75, 3.05) is 30.9 Å². The Morgan fingerprint density at radius 3 is 2.58 bits per heavy atom. The standard InChI is InChI=1S/C20H22N2O4/c1-13(19(23)21-16-5-7-17(8-6-16)22(2)3)26-20(24)15-4-9-18-14(12-15)10-11-25-18/h4-9,12-13H,10-11H2,1-3H3,(H,21,23). The van der Waals surface area contributed by atoms with Gasteiger partial charge in [-0.25, -0.2) is 4.79 Å². The van der Waals surface area contributed by atoms with Crippen molar-refractivity contribution in [3.8, 4) is 5.75 Å². The first-order valence-electron chi connectivity index (χ1n) is 8.49. The third-order valence-electron chi connectivity index (χ3n) is 4.23. The highest BCUT2D eigenvalue weighted by Crippen LogP contribution is 2.26. The Kier molecular flexibility index (Phi) is 5.11. The number of carbonyl (C=O) groups excluding carboxylic acids is 2. The lowest BCUT2D eigenvalue weighted by molar-refractivity contribution is -0.123. The minimum atomic E-state index is -0.902. The van der Waals surface area contributed by atoms with Crippen molar-refractivity contribution in [2.45, 2.75) is 19.4 Å². The van der Waals surface area contributed by atoms with Crippen molar-refractivity contribution in [3.05, 3.63) is 53.6 Å². The third-order valence-corrected chi connectivity index (χ3v) is 4.23. The molecule has 0 spiro atoms. The predicted molar refractivity (Wildman–Crippen MR) is 99.9 cm³/mol. The molecule has 0 radical (unpaired) electrons. The molecule has 0 bridgehead atoms. The molecule has 3 rings (SSSR count). The first kappa shape index (κ1) is 17.8. The summed E-state index contributed by atoms with van der Waals surface area (Å²) in [5.41, 5.74) is 3.09. The molecule has 1 aliphatic heterocycles. The van der Waals surface area contributed by atoms with E-state index in [4.69, 9.17) is 9.47 Å². The predicted octanol–water partition coefficient (Wildman–Crippen LogP) is 2.87. The molecule has 1 unspecified atom stereocenters. The van der Waals surface area contributed by atoms with Crippen LogP contribution in [0.25, 0.3) is 0 Å². The number of rotatable bonds is 5. The molecule has 1 aliphatic rings. The van der Waals surface area contributed by atoms with Crippen LogP contribution in [-0.2, 0) is 16.0 Å². The summed E-state index contributed by atoms with van der Waals surface area (Å²) >= 11 is 0. The van der Waals surface area contributed by atoms with Crippen LogP contribution in [0.4, 0.5) is 11.4 Å². The van der Waals surface area contributed by atoms with Gasteiger partial charge in [-0.3, -0.25) is 4.79 Å². The minimum absolute atomic E-state index is 0.375. The fraction of sp³-hybridized carbons (Fsp3) is 0.300. The lowest BCUT2D eigenvalue weighted by atomic mass is 10.1. The molecule has 136 valence electrons. The first-order valence-corrected chi connectivity index (χ1v) is 8.49. The van der Waals surface area contributed by atoms with Gasteiger partial charge >= 0.3 is 5.97 Å². The van der Waals surface area contributed by atoms with E-state index in [9.17, 15) is 9.59 Å². The second-order valence-corrected chi connectivity index (χ2v) is 6.40. The molecule has 0 aromatic heterocycles. The van der Waals surface area contributed by atoms with Gasteiger partial charge in [-0.05, 0) is 55.0 Å². The van der Waals surface area contributed by atoms with Gasteiger partial charge < -0.3 is 19.7 Å². The van der Waals surface area contributed by atoms with Crippen molar-refractivity contribution >= 4 is 23.3 Å². The van der Waals surface area contributed by atoms with E-state index in [1.807, 2.05) is 43.3 Å². The maximum atomic E-state index is 12.3. The van der Waals surface area contributed by atoms with Gasteiger partial charge in [0.1, 0.15) is 5.75 Å². The van der Waals surface area contributed by atoms with E-state index in [1.165, 1.54) is 0 Å². The van der Waals surface area contributed by atoms with Crippen molar-refractivity contribution in [1.82, 2.24) is 0 Å². The number of hydrogen-bond donors (Lipinski definition) is 1. The number of ether oxygens (including phenoxy) is 2. The summed E-state index contributed by atoms with van der Waals surface area (Å²) in [7, 11) is 3.89. The number of esters is 1. The van der Waals surface area contributed by atoms with Gasteiger partial charge in [-0.2, -0.15) is 0 Å². The third kappa shape index (κ3) is 3.96. The molecular formula is C20H22N2O4. The molecular weight excluding hydrogens is 332 g/mol. The maximum absolute atomic E-state index is 12.3. The number of fused-ring (bicyclic) bond motifs is 1. The molecule has 26 heavy (non-hydrogen) atoms. The average Bonchev–Trinajstić information content (AvgIpc) is 3.09. The van der Waals surface area contributed by atoms with Crippen LogP contribution in [0.15, 0.2) is 42.5 Å². The molecule has 1 atom stereocenters. The normalized spacial score (nSPS) is 13.3. The largest absolute Gasteiger partial charge is 0.493 e. The number of anilines is 2. The summed E-state index contributed by atoms with van der Waals surface area (Å²) in [6, 6.07) is 12.6. The second kappa shape index (κ2) is 7.47. The number of carbonyl (C=O) groups is 2. The molecule has 1 heterocycles. The van der Waals surface area contributed by atoms with E-state index in [-0.39, 0.29) is 5.91 Å². The molecule has 2 aromatic rings. The molecule has 0 fully saturated rings. The Balaban J connectivity index is 1.59. The van der Waals surface area contributed by atoms with Gasteiger partial charge in [0.15, 0.2) is 6.10 Å². The zero-order valence-corrected chi connectivity index (χ0v) is 15.1. The fourth-order valence-corrected chi connectivity index (χ4v) is 2.68. The summed E-state index contributed by atoms with van der Waals surface area (Å²) in [5.74, 6) is -0.0979. The quantitative estimate of drug-likeness (QED) is 0.836. The van der Waals surface area contributed by atoms with Gasteiger partial charge in [0, 0.05) is 31.9 Å². The van der Waals surface area contributed by atoms with E-state index in [1.54, 1.807) is 25.1 Å². The summed E-state index contributed by atoms with van der Waals surface area (Å²) in [5, 5.41) is 2.75. The highest BCUT2D eigenvalue weighted by Gasteiger charge is 2.21. The molecule has 0 saturated carbocycles. The van der Waals surface area contributed by atoms with Crippen LogP contribution in [-0.4, -0.2) is 38.7 Å². The average molecular weight is 354 g/mol. The molecule has 1 amide bonds. The van der Waals surface area contributed by atoms with Crippen molar-refractivity contribution in [1.29, 1.82) is 0 Å². The lowest BCUT2D eigenvalue weighted by Gasteiger charge is -2.15. The summed E-state index contributed by atoms with van der Waals surface area (Å²) in [6.45, 7) is 2.18. The first-order chi connectivity index (χ1) is 12.4. The number of nitrogens with zero attached hydrogens (tertiary/aromatic N) is 1. The van der Waals surface area contributed by atoms with E-state index in [2.05, 4.69) is 5.32 Å². The van der Waals surface area contributed by atoms with Crippen LogP contribution in [0.3, 0.4) is 0 Å². The molecule has 6 heteroatoms. The maximum Gasteiger partial charge on any atom is 0.338 e. The fourth-order valence-electron chi connectivity index (χ4n) is 2.68. The molecule has 1 N–H and O–H groups in total. The molecule has 0 saturated heterocycles. The van der Waals surface area contributed by atoms with Gasteiger partial charge in [-0.1, -0.05) is 0 Å². The topological polar surface area (TPSA) is 67.9 Å². The van der Waals surface area contributed by atoms with E-state index in [0.717, 1.165) is 23.4 Å². The van der Waals surface area contributed by atoms with Crippen LogP contribution >= 0.6 is 0 Å². The van der Waals surface area contributed by atoms with Crippen LogP contribution in [0.2, 0.25) is 0 Å². The van der Waals surface area contributed by atoms with E-state index < -0.39 is 12.1 Å². The van der Waals surface area contributed by atoms with Gasteiger partial charge in [0.25, 0.3) is 5.91 Å².